The molecule has 2 aromatic rings. The second kappa shape index (κ2) is 8.67. The molecule has 0 saturated carbocycles. The molecule has 1 amide bonds. The maximum absolute atomic E-state index is 13.1. The largest absolute Gasteiger partial charge is 0.350 e. The summed E-state index contributed by atoms with van der Waals surface area (Å²) in [5, 5.41) is 3.10. The topological polar surface area (TPSA) is 82.1 Å². The summed E-state index contributed by atoms with van der Waals surface area (Å²) >= 11 is 0. The molecule has 32 heavy (non-hydrogen) atoms. The van der Waals surface area contributed by atoms with Gasteiger partial charge in [0.15, 0.2) is 5.84 Å². The highest BCUT2D eigenvalue weighted by atomic mass is 32.2. The van der Waals surface area contributed by atoms with Gasteiger partial charge in [-0.25, -0.2) is 0 Å². The number of carbonyl (C=O) groups excluding carboxylic acids is 1. The lowest BCUT2D eigenvalue weighted by Gasteiger charge is -2.26. The maximum Gasteiger partial charge on any atom is 0.285 e. The van der Waals surface area contributed by atoms with Crippen LogP contribution in [0.15, 0.2) is 57.8 Å². The van der Waals surface area contributed by atoms with Gasteiger partial charge < -0.3 is 10.2 Å². The fraction of sp³-hybridized carbons (Fsp3) is 0.417. The van der Waals surface area contributed by atoms with E-state index in [-0.39, 0.29) is 10.8 Å². The van der Waals surface area contributed by atoms with Gasteiger partial charge in [-0.3, -0.25) is 9.69 Å². The summed E-state index contributed by atoms with van der Waals surface area (Å²) in [4.78, 5) is 17.7. The molecule has 7 nitrogen and oxygen atoms in total. The van der Waals surface area contributed by atoms with Crippen LogP contribution in [0.2, 0.25) is 0 Å². The Hall–Kier alpha value is -2.71. The van der Waals surface area contributed by atoms with Crippen LogP contribution in [-0.4, -0.2) is 55.6 Å². The molecular weight excluding hydrogens is 424 g/mol. The smallest absolute Gasteiger partial charge is 0.285 e. The summed E-state index contributed by atoms with van der Waals surface area (Å²) in [6, 6.07) is 14.7. The van der Waals surface area contributed by atoms with E-state index in [0.29, 0.717) is 30.9 Å². The Bertz CT molecular complexity index is 1160. The van der Waals surface area contributed by atoms with E-state index < -0.39 is 16.1 Å². The van der Waals surface area contributed by atoms with Crippen molar-refractivity contribution in [3.63, 3.8) is 0 Å². The second-order valence-electron chi connectivity index (χ2n) is 8.71. The van der Waals surface area contributed by atoms with Gasteiger partial charge in [-0.15, -0.1) is 4.40 Å². The van der Waals surface area contributed by atoms with Crippen molar-refractivity contribution in [2.45, 2.75) is 49.7 Å². The van der Waals surface area contributed by atoms with E-state index in [1.165, 1.54) is 18.4 Å². The van der Waals surface area contributed by atoms with Crippen LogP contribution >= 0.6 is 0 Å². The first-order valence-electron chi connectivity index (χ1n) is 11.3. The number of nitrogens with zero attached hydrogens (tertiary/aromatic N) is 3. The highest BCUT2D eigenvalue weighted by molar-refractivity contribution is 7.90. The van der Waals surface area contributed by atoms with Crippen LogP contribution < -0.4 is 5.32 Å². The SMILES string of the molecule is O=C(NCc1ccccc1CN1CCCC1)[C@@H]1CCCN1C1=NS(=O)(=O)c2ccccc21. The van der Waals surface area contributed by atoms with Gasteiger partial charge in [0.1, 0.15) is 10.9 Å². The van der Waals surface area contributed by atoms with Crippen LogP contribution in [0.1, 0.15) is 42.4 Å². The molecule has 3 aliphatic heterocycles. The van der Waals surface area contributed by atoms with Gasteiger partial charge in [-0.1, -0.05) is 36.4 Å². The second-order valence-corrected chi connectivity index (χ2v) is 10.3. The molecule has 0 radical (unpaired) electrons. The van der Waals surface area contributed by atoms with E-state index >= 15 is 0 Å². The third-order valence-electron chi connectivity index (χ3n) is 6.60. The minimum Gasteiger partial charge on any atom is -0.350 e. The molecule has 1 atom stereocenters. The lowest BCUT2D eigenvalue weighted by atomic mass is 10.1. The zero-order valence-corrected chi connectivity index (χ0v) is 18.9. The zero-order chi connectivity index (χ0) is 22.1. The highest BCUT2D eigenvalue weighted by Gasteiger charge is 2.39. The number of amides is 1. The zero-order valence-electron chi connectivity index (χ0n) is 18.0. The quantitative estimate of drug-likeness (QED) is 0.754. The average molecular weight is 453 g/mol. The molecule has 2 aromatic carbocycles. The number of nitrogens with one attached hydrogen (secondary N) is 1. The summed E-state index contributed by atoms with van der Waals surface area (Å²) in [5.74, 6) is 0.315. The molecule has 0 aliphatic carbocycles. The fourth-order valence-electron chi connectivity index (χ4n) is 4.95. The summed E-state index contributed by atoms with van der Waals surface area (Å²) in [5.41, 5.74) is 2.96. The van der Waals surface area contributed by atoms with Crippen LogP contribution in [0.5, 0.6) is 0 Å². The molecule has 1 N–H and O–H groups in total. The molecule has 0 unspecified atom stereocenters. The lowest BCUT2D eigenvalue weighted by molar-refractivity contribution is -0.124. The predicted octanol–water partition coefficient (Wildman–Crippen LogP) is 2.51. The molecule has 0 bridgehead atoms. The number of amidine groups is 1. The molecule has 5 rings (SSSR count). The average Bonchev–Trinajstić information content (AvgIpc) is 3.53. The molecule has 2 fully saturated rings. The first-order chi connectivity index (χ1) is 15.5. The van der Waals surface area contributed by atoms with Crippen LogP contribution in [0, 0.1) is 0 Å². The number of sulfonamides is 1. The molecule has 3 aliphatic rings. The van der Waals surface area contributed by atoms with E-state index in [1.54, 1.807) is 24.3 Å². The summed E-state index contributed by atoms with van der Waals surface area (Å²) in [6.07, 6.45) is 4.01. The van der Waals surface area contributed by atoms with Crippen LogP contribution in [0.3, 0.4) is 0 Å². The molecule has 3 heterocycles. The summed E-state index contributed by atoms with van der Waals surface area (Å²) in [6.45, 7) is 4.25. The van der Waals surface area contributed by atoms with Crippen molar-refractivity contribution in [1.29, 1.82) is 0 Å². The van der Waals surface area contributed by atoms with Crippen molar-refractivity contribution in [2.24, 2.45) is 4.40 Å². The van der Waals surface area contributed by atoms with Gasteiger partial charge >= 0.3 is 0 Å². The molecule has 2 saturated heterocycles. The van der Waals surface area contributed by atoms with E-state index in [1.807, 2.05) is 17.0 Å². The molecule has 0 aromatic heterocycles. The molecule has 0 spiro atoms. The number of hydrogen-bond acceptors (Lipinski definition) is 5. The number of fused-ring (bicyclic) bond motifs is 1. The van der Waals surface area contributed by atoms with Gasteiger partial charge in [0, 0.05) is 25.2 Å². The Kier molecular flexibility index (Phi) is 5.73. The van der Waals surface area contributed by atoms with Crippen LogP contribution in [0.4, 0.5) is 0 Å². The lowest BCUT2D eigenvalue weighted by Crippen LogP contribution is -2.45. The number of carbonyl (C=O) groups is 1. The Morgan fingerprint density at radius 3 is 2.50 bits per heavy atom. The Morgan fingerprint density at radius 2 is 1.69 bits per heavy atom. The first-order valence-corrected chi connectivity index (χ1v) is 12.7. The number of benzene rings is 2. The van der Waals surface area contributed by atoms with E-state index in [2.05, 4.69) is 26.7 Å². The van der Waals surface area contributed by atoms with Crippen LogP contribution in [-0.2, 0) is 27.9 Å². The van der Waals surface area contributed by atoms with Crippen molar-refractivity contribution in [1.82, 2.24) is 15.1 Å². The minimum atomic E-state index is -3.70. The van der Waals surface area contributed by atoms with Gasteiger partial charge in [0.2, 0.25) is 5.91 Å². The van der Waals surface area contributed by atoms with Crippen molar-refractivity contribution in [3.8, 4) is 0 Å². The first kappa shape index (κ1) is 21.2. The van der Waals surface area contributed by atoms with E-state index in [0.717, 1.165) is 31.6 Å². The summed E-state index contributed by atoms with van der Waals surface area (Å²) < 4.78 is 29.0. The third-order valence-corrected chi connectivity index (χ3v) is 7.93. The van der Waals surface area contributed by atoms with E-state index in [9.17, 15) is 13.2 Å². The number of hydrogen-bond donors (Lipinski definition) is 1. The fourth-order valence-corrected chi connectivity index (χ4v) is 6.17. The molecular formula is C24H28N4O3S. The summed E-state index contributed by atoms with van der Waals surface area (Å²) in [7, 11) is -3.70. The Balaban J connectivity index is 1.30. The predicted molar refractivity (Wildman–Crippen MR) is 123 cm³/mol. The van der Waals surface area contributed by atoms with Crippen molar-refractivity contribution < 1.29 is 13.2 Å². The number of rotatable bonds is 5. The van der Waals surface area contributed by atoms with Crippen molar-refractivity contribution >= 4 is 21.8 Å². The van der Waals surface area contributed by atoms with E-state index in [4.69, 9.17) is 0 Å². The molecule has 8 heteroatoms. The van der Waals surface area contributed by atoms with Gasteiger partial charge in [0.25, 0.3) is 10.0 Å². The Morgan fingerprint density at radius 1 is 0.969 bits per heavy atom. The maximum atomic E-state index is 13.1. The number of likely N-dealkylation sites (tertiary alicyclic amines) is 2. The van der Waals surface area contributed by atoms with Crippen molar-refractivity contribution in [3.05, 3.63) is 65.2 Å². The molecule has 168 valence electrons. The third kappa shape index (κ3) is 4.04. The highest BCUT2D eigenvalue weighted by Crippen LogP contribution is 2.31. The van der Waals surface area contributed by atoms with Gasteiger partial charge in [0.05, 0.1) is 0 Å². The standard InChI is InChI=1S/C24H28N4O3S/c29-24(25-16-18-8-1-2-9-19(18)17-27-13-5-6-14-27)21-11-7-15-28(21)23-20-10-3-4-12-22(20)32(30,31)26-23/h1-4,8-10,12,21H,5-7,11,13-17H2,(H,25,29)/t21-/m0/s1. The monoisotopic (exact) mass is 452 g/mol. The normalized spacial score (nSPS) is 22.1. The van der Waals surface area contributed by atoms with Gasteiger partial charge in [-0.2, -0.15) is 8.42 Å². The van der Waals surface area contributed by atoms with Crippen molar-refractivity contribution in [2.75, 3.05) is 19.6 Å². The minimum absolute atomic E-state index is 0.0806. The van der Waals surface area contributed by atoms with Gasteiger partial charge in [-0.05, 0) is 62.0 Å². The van der Waals surface area contributed by atoms with Crippen LogP contribution in [0.25, 0.3) is 0 Å². The Labute approximate surface area is 189 Å².